The number of hydrogen-bond acceptors (Lipinski definition) is 3. The average molecular weight is 375 g/mol. The van der Waals surface area contributed by atoms with Gasteiger partial charge >= 0.3 is 0 Å². The Morgan fingerprint density at radius 2 is 1.65 bits per heavy atom. The summed E-state index contributed by atoms with van der Waals surface area (Å²) in [6.07, 6.45) is 7.57. The first kappa shape index (κ1) is 16.8. The molecule has 140 valence electrons. The van der Waals surface area contributed by atoms with Crippen molar-refractivity contribution in [3.8, 4) is 0 Å². The Labute approximate surface area is 155 Å². The lowest BCUT2D eigenvalue weighted by Gasteiger charge is -2.19. The first-order chi connectivity index (χ1) is 12.6. The largest absolute Gasteiger partial charge is 0.312 e. The van der Waals surface area contributed by atoms with Crippen LogP contribution in [0.3, 0.4) is 0 Å². The summed E-state index contributed by atoms with van der Waals surface area (Å²) in [5.74, 6) is 1.71. The Balaban J connectivity index is 1.38. The molecule has 0 unspecified atom stereocenters. The van der Waals surface area contributed by atoms with Crippen LogP contribution in [0.1, 0.15) is 44.1 Å². The number of rotatable bonds is 3. The Morgan fingerprint density at radius 3 is 2.35 bits per heavy atom. The zero-order chi connectivity index (χ0) is 17.9. The molecule has 1 saturated heterocycles. The second-order valence-corrected chi connectivity index (χ2v) is 10.2. The molecule has 2 heterocycles. The van der Waals surface area contributed by atoms with Gasteiger partial charge in [0.2, 0.25) is 15.9 Å². The lowest BCUT2D eigenvalue weighted by molar-refractivity contribution is -0.120. The molecule has 1 aromatic rings. The number of carbonyl (C=O) groups is 1. The number of benzene rings is 1. The van der Waals surface area contributed by atoms with E-state index in [4.69, 9.17) is 0 Å². The summed E-state index contributed by atoms with van der Waals surface area (Å²) in [4.78, 5) is 15.3. The van der Waals surface area contributed by atoms with Crippen LogP contribution in [0.15, 0.2) is 23.1 Å². The van der Waals surface area contributed by atoms with Gasteiger partial charge in [0, 0.05) is 31.2 Å². The SMILES string of the molecule is O=C(C1[C@H]2CCCC[C@H]12)N1CCc2cc(S(=O)(=O)N3CCCC3)ccc21. The summed E-state index contributed by atoms with van der Waals surface area (Å²) in [5.41, 5.74) is 1.93. The molecule has 1 aromatic carbocycles. The van der Waals surface area contributed by atoms with Gasteiger partial charge in [-0.15, -0.1) is 0 Å². The molecular formula is C20H26N2O3S. The third kappa shape index (κ3) is 2.53. The minimum atomic E-state index is -3.39. The maximum Gasteiger partial charge on any atom is 0.243 e. The Morgan fingerprint density at radius 1 is 0.962 bits per heavy atom. The molecule has 4 aliphatic rings. The molecule has 6 heteroatoms. The summed E-state index contributed by atoms with van der Waals surface area (Å²) in [6, 6.07) is 5.35. The summed E-state index contributed by atoms with van der Waals surface area (Å²) in [7, 11) is -3.39. The van der Waals surface area contributed by atoms with Crippen molar-refractivity contribution in [1.82, 2.24) is 4.31 Å². The van der Waals surface area contributed by atoms with Crippen molar-refractivity contribution < 1.29 is 13.2 Å². The molecule has 2 aliphatic carbocycles. The quantitative estimate of drug-likeness (QED) is 0.817. The molecule has 5 nitrogen and oxygen atoms in total. The third-order valence-electron chi connectivity index (χ3n) is 6.86. The van der Waals surface area contributed by atoms with Gasteiger partial charge in [-0.05, 0) is 67.7 Å². The molecule has 0 spiro atoms. The Bertz CT molecular complexity index is 833. The van der Waals surface area contributed by atoms with Gasteiger partial charge in [0.1, 0.15) is 0 Å². The van der Waals surface area contributed by atoms with E-state index in [0.717, 1.165) is 30.5 Å². The van der Waals surface area contributed by atoms with Gasteiger partial charge in [-0.25, -0.2) is 8.42 Å². The second kappa shape index (κ2) is 6.06. The number of amides is 1. The lowest BCUT2D eigenvalue weighted by Crippen LogP contribution is -2.31. The van der Waals surface area contributed by atoms with Crippen LogP contribution in [0.4, 0.5) is 5.69 Å². The van der Waals surface area contributed by atoms with Crippen LogP contribution in [0.25, 0.3) is 0 Å². The minimum absolute atomic E-state index is 0.219. The maximum absolute atomic E-state index is 13.0. The first-order valence-electron chi connectivity index (χ1n) is 10.0. The normalized spacial score (nSPS) is 30.9. The molecular weight excluding hydrogens is 348 g/mol. The van der Waals surface area contributed by atoms with Crippen molar-refractivity contribution in [1.29, 1.82) is 0 Å². The molecule has 5 rings (SSSR count). The van der Waals surface area contributed by atoms with Crippen LogP contribution in [0.2, 0.25) is 0 Å². The highest BCUT2D eigenvalue weighted by Crippen LogP contribution is 2.56. The van der Waals surface area contributed by atoms with Gasteiger partial charge in [-0.2, -0.15) is 4.31 Å². The second-order valence-electron chi connectivity index (χ2n) is 8.28. The smallest absolute Gasteiger partial charge is 0.243 e. The van der Waals surface area contributed by atoms with Crippen LogP contribution in [-0.4, -0.2) is 38.3 Å². The highest BCUT2D eigenvalue weighted by molar-refractivity contribution is 7.89. The fraction of sp³-hybridized carbons (Fsp3) is 0.650. The average Bonchev–Trinajstić information content (AvgIpc) is 3.02. The number of anilines is 1. The zero-order valence-electron chi connectivity index (χ0n) is 15.1. The highest BCUT2D eigenvalue weighted by Gasteiger charge is 2.56. The minimum Gasteiger partial charge on any atom is -0.312 e. The molecule has 2 aliphatic heterocycles. The van der Waals surface area contributed by atoms with E-state index in [1.807, 2.05) is 11.0 Å². The molecule has 0 N–H and O–H groups in total. The summed E-state index contributed by atoms with van der Waals surface area (Å²) in [5, 5.41) is 0. The first-order valence-corrected chi connectivity index (χ1v) is 11.5. The van der Waals surface area contributed by atoms with Gasteiger partial charge < -0.3 is 4.90 Å². The lowest BCUT2D eigenvalue weighted by atomic mass is 10.0. The van der Waals surface area contributed by atoms with Crippen molar-refractivity contribution in [3.63, 3.8) is 0 Å². The van der Waals surface area contributed by atoms with Crippen LogP contribution in [-0.2, 0) is 21.2 Å². The van der Waals surface area contributed by atoms with Crippen molar-refractivity contribution in [3.05, 3.63) is 23.8 Å². The van der Waals surface area contributed by atoms with Gasteiger partial charge in [0.05, 0.1) is 4.90 Å². The molecule has 1 amide bonds. The van der Waals surface area contributed by atoms with Crippen molar-refractivity contribution >= 4 is 21.6 Å². The number of fused-ring (bicyclic) bond motifs is 2. The number of hydrogen-bond donors (Lipinski definition) is 0. The predicted octanol–water partition coefficient (Wildman–Crippen LogP) is 2.80. The standard InChI is InChI=1S/C20H26N2O3S/c23-20(19-16-5-1-2-6-17(16)19)22-12-9-14-13-15(7-8-18(14)22)26(24,25)21-10-3-4-11-21/h7-8,13,16-17,19H,1-6,9-12H2/t16-,17-/m0/s1. The fourth-order valence-corrected chi connectivity index (χ4v) is 6.95. The van der Waals surface area contributed by atoms with Crippen molar-refractivity contribution in [2.24, 2.45) is 17.8 Å². The van der Waals surface area contributed by atoms with Crippen LogP contribution in [0, 0.1) is 17.8 Å². The van der Waals surface area contributed by atoms with E-state index in [-0.39, 0.29) is 11.8 Å². The van der Waals surface area contributed by atoms with Gasteiger partial charge in [-0.1, -0.05) is 12.8 Å². The van der Waals surface area contributed by atoms with Crippen molar-refractivity contribution in [2.75, 3.05) is 24.5 Å². The molecule has 0 radical (unpaired) electrons. The predicted molar refractivity (Wildman–Crippen MR) is 99.4 cm³/mol. The number of sulfonamides is 1. The Kier molecular flexibility index (Phi) is 3.90. The Hall–Kier alpha value is -1.40. The molecule has 2 saturated carbocycles. The van der Waals surface area contributed by atoms with Gasteiger partial charge in [-0.3, -0.25) is 4.79 Å². The zero-order valence-corrected chi connectivity index (χ0v) is 15.9. The van der Waals surface area contributed by atoms with E-state index < -0.39 is 10.0 Å². The summed E-state index contributed by atoms with van der Waals surface area (Å²) < 4.78 is 27.2. The molecule has 26 heavy (non-hydrogen) atoms. The third-order valence-corrected chi connectivity index (χ3v) is 8.75. The number of nitrogens with zero attached hydrogens (tertiary/aromatic N) is 2. The monoisotopic (exact) mass is 374 g/mol. The fourth-order valence-electron chi connectivity index (χ4n) is 5.38. The maximum atomic E-state index is 13.0. The van der Waals surface area contributed by atoms with E-state index in [2.05, 4.69) is 0 Å². The van der Waals surface area contributed by atoms with E-state index in [9.17, 15) is 13.2 Å². The van der Waals surface area contributed by atoms with E-state index in [0.29, 0.717) is 36.4 Å². The van der Waals surface area contributed by atoms with E-state index in [1.54, 1.807) is 16.4 Å². The van der Waals surface area contributed by atoms with Crippen LogP contribution >= 0.6 is 0 Å². The van der Waals surface area contributed by atoms with Crippen molar-refractivity contribution in [2.45, 2.75) is 49.8 Å². The molecule has 3 fully saturated rings. The topological polar surface area (TPSA) is 57.7 Å². The van der Waals surface area contributed by atoms with Gasteiger partial charge in [0.25, 0.3) is 0 Å². The molecule has 0 aromatic heterocycles. The molecule has 2 atom stereocenters. The van der Waals surface area contributed by atoms with E-state index >= 15 is 0 Å². The van der Waals surface area contributed by atoms with E-state index in [1.165, 1.54) is 25.7 Å². The summed E-state index contributed by atoms with van der Waals surface area (Å²) >= 11 is 0. The summed E-state index contributed by atoms with van der Waals surface area (Å²) in [6.45, 7) is 1.93. The highest BCUT2D eigenvalue weighted by atomic mass is 32.2. The number of carbonyl (C=O) groups excluding carboxylic acids is 1. The molecule has 0 bridgehead atoms. The van der Waals surface area contributed by atoms with Gasteiger partial charge in [0.15, 0.2) is 0 Å². The van der Waals surface area contributed by atoms with Crippen LogP contribution < -0.4 is 4.90 Å². The van der Waals surface area contributed by atoms with Crippen LogP contribution in [0.5, 0.6) is 0 Å².